The Morgan fingerprint density at radius 1 is 0.864 bits per heavy atom. The van der Waals surface area contributed by atoms with Crippen LogP contribution in [0.25, 0.3) is 0 Å². The molecule has 122 valence electrons. The quantitative estimate of drug-likeness (QED) is 0.297. The van der Waals surface area contributed by atoms with Crippen molar-refractivity contribution in [2.45, 2.75) is 25.8 Å². The Morgan fingerprint density at radius 2 is 1.23 bits per heavy atom. The number of hydrogen-bond donors (Lipinski definition) is 4. The normalized spacial score (nSPS) is 11.9. The lowest BCUT2D eigenvalue weighted by Gasteiger charge is -2.14. The molecule has 0 aliphatic heterocycles. The molecule has 1 aromatic rings. The lowest BCUT2D eigenvalue weighted by atomic mass is 10.1. The highest BCUT2D eigenvalue weighted by Crippen LogP contribution is 2.11. The van der Waals surface area contributed by atoms with Gasteiger partial charge in [0.1, 0.15) is 0 Å². The van der Waals surface area contributed by atoms with E-state index in [1.165, 1.54) is 18.2 Å². The van der Waals surface area contributed by atoms with Crippen LogP contribution in [0.1, 0.15) is 34.6 Å². The largest absolute Gasteiger partial charge is 0.373 e. The highest BCUT2D eigenvalue weighted by atomic mass is 17.3. The maximum Gasteiger partial charge on any atom is 0.373 e. The topological polar surface area (TPSA) is 152 Å². The van der Waals surface area contributed by atoms with Crippen molar-refractivity contribution in [3.05, 3.63) is 35.4 Å². The average Bonchev–Trinajstić information content (AvgIpc) is 2.40. The third kappa shape index (κ3) is 6.58. The summed E-state index contributed by atoms with van der Waals surface area (Å²) in [5, 5.41) is 35.3. The minimum Gasteiger partial charge on any atom is -0.341 e. The zero-order chi connectivity index (χ0) is 17.0. The minimum atomic E-state index is -2.67. The summed E-state index contributed by atoms with van der Waals surface area (Å²) in [7, 11) is 0. The van der Waals surface area contributed by atoms with Crippen LogP contribution < -0.4 is 0 Å². The molecule has 0 aromatic heterocycles. The van der Waals surface area contributed by atoms with Gasteiger partial charge in [-0.15, -0.1) is 9.78 Å². The predicted molar refractivity (Wildman–Crippen MR) is 65.1 cm³/mol. The number of carbonyl (C=O) groups is 2. The number of hydrogen-bond acceptors (Lipinski definition) is 10. The molecule has 0 atom stereocenters. The number of aliphatic hydroxyl groups is 4. The highest BCUT2D eigenvalue weighted by molar-refractivity contribution is 5.94. The summed E-state index contributed by atoms with van der Waals surface area (Å²) in [5.41, 5.74) is -0.344. The SMILES string of the molecule is CC(O)(O)OOC(=O)c1cccc(C(=O)OOC(C)(O)O)c1. The number of benzene rings is 1. The van der Waals surface area contributed by atoms with Crippen LogP contribution in [0.5, 0.6) is 0 Å². The van der Waals surface area contributed by atoms with Crippen molar-refractivity contribution >= 4 is 11.9 Å². The Kier molecular flexibility index (Phi) is 5.54. The molecule has 0 aliphatic rings. The molecule has 0 heterocycles. The standard InChI is InChI=1S/C12H14O10/c1-11(15,16)21-19-9(13)7-4-3-5-8(6-7)10(14)20-22-12(2,17)18/h3-6,15-18H,1-2H3. The molecular formula is C12H14O10. The summed E-state index contributed by atoms with van der Waals surface area (Å²) in [6.07, 6.45) is 0. The first kappa shape index (κ1) is 18.0. The van der Waals surface area contributed by atoms with Gasteiger partial charge in [0.2, 0.25) is 0 Å². The van der Waals surface area contributed by atoms with E-state index in [0.717, 1.165) is 19.9 Å². The van der Waals surface area contributed by atoms with E-state index in [1.54, 1.807) is 0 Å². The predicted octanol–water partition coefficient (Wildman–Crippen LogP) is -0.820. The third-order valence-electron chi connectivity index (χ3n) is 1.88. The second-order valence-corrected chi connectivity index (χ2v) is 4.36. The molecule has 0 spiro atoms. The maximum atomic E-state index is 11.6. The first-order chi connectivity index (χ1) is 9.98. The van der Waals surface area contributed by atoms with Gasteiger partial charge < -0.3 is 20.4 Å². The van der Waals surface area contributed by atoms with Gasteiger partial charge in [0.25, 0.3) is 0 Å². The zero-order valence-corrected chi connectivity index (χ0v) is 11.5. The van der Waals surface area contributed by atoms with Crippen molar-refractivity contribution in [2.75, 3.05) is 0 Å². The minimum absolute atomic E-state index is 0.172. The smallest absolute Gasteiger partial charge is 0.341 e. The van der Waals surface area contributed by atoms with Gasteiger partial charge in [0.15, 0.2) is 0 Å². The maximum absolute atomic E-state index is 11.6. The molecule has 10 nitrogen and oxygen atoms in total. The Labute approximate surface area is 123 Å². The fourth-order valence-corrected chi connectivity index (χ4v) is 1.10. The molecule has 4 N–H and O–H groups in total. The Balaban J connectivity index is 2.73. The first-order valence-corrected chi connectivity index (χ1v) is 5.77. The Hall–Kier alpha value is -2.08. The van der Waals surface area contributed by atoms with Crippen LogP contribution in [0.15, 0.2) is 24.3 Å². The second-order valence-electron chi connectivity index (χ2n) is 4.36. The molecule has 0 radical (unpaired) electrons. The number of rotatable bonds is 6. The van der Waals surface area contributed by atoms with E-state index in [4.69, 9.17) is 20.4 Å². The van der Waals surface area contributed by atoms with E-state index in [2.05, 4.69) is 19.6 Å². The van der Waals surface area contributed by atoms with Crippen molar-refractivity contribution < 1.29 is 49.6 Å². The monoisotopic (exact) mass is 318 g/mol. The van der Waals surface area contributed by atoms with Crippen LogP contribution in [-0.2, 0) is 19.6 Å². The van der Waals surface area contributed by atoms with Crippen molar-refractivity contribution in [1.29, 1.82) is 0 Å². The fraction of sp³-hybridized carbons (Fsp3) is 0.333. The summed E-state index contributed by atoms with van der Waals surface area (Å²) in [6, 6.07) is 4.81. The molecule has 22 heavy (non-hydrogen) atoms. The molecule has 0 bridgehead atoms. The van der Waals surface area contributed by atoms with Gasteiger partial charge in [-0.25, -0.2) is 9.59 Å². The molecule has 10 heteroatoms. The van der Waals surface area contributed by atoms with Gasteiger partial charge in [-0.1, -0.05) is 6.07 Å². The van der Waals surface area contributed by atoms with Crippen LogP contribution in [0.3, 0.4) is 0 Å². The second kappa shape index (κ2) is 6.79. The molecule has 0 saturated heterocycles. The summed E-state index contributed by atoms with van der Waals surface area (Å²) in [4.78, 5) is 39.4. The van der Waals surface area contributed by atoms with Crippen LogP contribution in [0.2, 0.25) is 0 Å². The van der Waals surface area contributed by atoms with Crippen molar-refractivity contribution in [3.63, 3.8) is 0 Å². The van der Waals surface area contributed by atoms with Gasteiger partial charge in [-0.3, -0.25) is 9.78 Å². The lowest BCUT2D eigenvalue weighted by Crippen LogP contribution is -2.29. The van der Waals surface area contributed by atoms with Crippen LogP contribution in [-0.4, -0.2) is 44.3 Å². The van der Waals surface area contributed by atoms with Gasteiger partial charge in [-0.05, 0) is 18.2 Å². The Morgan fingerprint density at radius 3 is 1.55 bits per heavy atom. The Bertz CT molecular complexity index is 494. The fourth-order valence-electron chi connectivity index (χ4n) is 1.10. The summed E-state index contributed by atoms with van der Waals surface area (Å²) in [5.74, 6) is -7.57. The van der Waals surface area contributed by atoms with E-state index < -0.39 is 23.9 Å². The molecule has 0 aliphatic carbocycles. The van der Waals surface area contributed by atoms with E-state index in [1.807, 2.05) is 0 Å². The van der Waals surface area contributed by atoms with Crippen LogP contribution in [0.4, 0.5) is 0 Å². The van der Waals surface area contributed by atoms with Crippen molar-refractivity contribution in [1.82, 2.24) is 0 Å². The van der Waals surface area contributed by atoms with Crippen molar-refractivity contribution in [2.24, 2.45) is 0 Å². The van der Waals surface area contributed by atoms with E-state index in [9.17, 15) is 9.59 Å². The van der Waals surface area contributed by atoms with Crippen molar-refractivity contribution in [3.8, 4) is 0 Å². The first-order valence-electron chi connectivity index (χ1n) is 5.77. The van der Waals surface area contributed by atoms with Gasteiger partial charge >= 0.3 is 23.9 Å². The number of carbonyl (C=O) groups excluding carboxylic acids is 2. The van der Waals surface area contributed by atoms with Gasteiger partial charge in [-0.2, -0.15) is 0 Å². The molecule has 0 saturated carbocycles. The molecule has 0 fully saturated rings. The van der Waals surface area contributed by atoms with E-state index in [0.29, 0.717) is 0 Å². The summed E-state index contributed by atoms with van der Waals surface area (Å²) >= 11 is 0. The van der Waals surface area contributed by atoms with E-state index in [-0.39, 0.29) is 11.1 Å². The van der Waals surface area contributed by atoms with Gasteiger partial charge in [0, 0.05) is 13.8 Å². The van der Waals surface area contributed by atoms with Crippen LogP contribution in [0, 0.1) is 0 Å². The molecule has 0 unspecified atom stereocenters. The van der Waals surface area contributed by atoms with Crippen LogP contribution >= 0.6 is 0 Å². The zero-order valence-electron chi connectivity index (χ0n) is 11.5. The molecule has 1 aromatic carbocycles. The molecule has 1 rings (SSSR count). The highest BCUT2D eigenvalue weighted by Gasteiger charge is 2.23. The third-order valence-corrected chi connectivity index (χ3v) is 1.88. The lowest BCUT2D eigenvalue weighted by molar-refractivity contribution is -0.454. The summed E-state index contributed by atoms with van der Waals surface area (Å²) in [6.45, 7) is 1.62. The average molecular weight is 318 g/mol. The van der Waals surface area contributed by atoms with Gasteiger partial charge in [0.05, 0.1) is 11.1 Å². The summed E-state index contributed by atoms with van der Waals surface area (Å²) < 4.78 is 0. The molecule has 0 amide bonds. The molecular weight excluding hydrogens is 304 g/mol. The van der Waals surface area contributed by atoms with E-state index >= 15 is 0 Å².